The summed E-state index contributed by atoms with van der Waals surface area (Å²) in [5.41, 5.74) is 1.59. The van der Waals surface area contributed by atoms with Crippen LogP contribution in [-0.4, -0.2) is 17.7 Å². The lowest BCUT2D eigenvalue weighted by atomic mass is 10.0. The summed E-state index contributed by atoms with van der Waals surface area (Å²) >= 11 is 0. The van der Waals surface area contributed by atoms with Gasteiger partial charge in [-0.25, -0.2) is 4.39 Å². The minimum Gasteiger partial charge on any atom is -0.333 e. The number of benzene rings is 3. The fraction of sp³-hybridized carbons (Fsp3) is 0.259. The SMILES string of the molecule is CCCNCCc1ccc(Cn2c(-c3ccccc3C(F)(F)F)c(F)c3ccccc32)cc1. The van der Waals surface area contributed by atoms with Gasteiger partial charge in [-0.15, -0.1) is 0 Å². The van der Waals surface area contributed by atoms with E-state index in [9.17, 15) is 13.2 Å². The molecule has 0 atom stereocenters. The molecule has 6 heteroatoms. The summed E-state index contributed by atoms with van der Waals surface area (Å²) < 4.78 is 58.4. The van der Waals surface area contributed by atoms with E-state index >= 15 is 4.39 Å². The first-order chi connectivity index (χ1) is 15.9. The van der Waals surface area contributed by atoms with E-state index in [1.807, 2.05) is 24.3 Å². The minimum absolute atomic E-state index is 0.0445. The third-order valence-electron chi connectivity index (χ3n) is 5.78. The molecule has 0 unspecified atom stereocenters. The van der Waals surface area contributed by atoms with E-state index in [4.69, 9.17) is 0 Å². The first kappa shape index (κ1) is 23.1. The van der Waals surface area contributed by atoms with Gasteiger partial charge in [0.1, 0.15) is 0 Å². The number of alkyl halides is 3. The van der Waals surface area contributed by atoms with Gasteiger partial charge in [0.25, 0.3) is 0 Å². The third-order valence-corrected chi connectivity index (χ3v) is 5.78. The summed E-state index contributed by atoms with van der Waals surface area (Å²) in [7, 11) is 0. The molecule has 0 aliphatic carbocycles. The highest BCUT2D eigenvalue weighted by atomic mass is 19.4. The van der Waals surface area contributed by atoms with E-state index in [0.717, 1.165) is 37.6 Å². The van der Waals surface area contributed by atoms with E-state index in [2.05, 4.69) is 12.2 Å². The van der Waals surface area contributed by atoms with Crippen molar-refractivity contribution in [3.63, 3.8) is 0 Å². The Balaban J connectivity index is 1.74. The molecule has 33 heavy (non-hydrogen) atoms. The number of hydrogen-bond donors (Lipinski definition) is 1. The zero-order valence-electron chi connectivity index (χ0n) is 18.4. The molecule has 1 aromatic heterocycles. The topological polar surface area (TPSA) is 17.0 Å². The summed E-state index contributed by atoms with van der Waals surface area (Å²) in [4.78, 5) is 0. The zero-order valence-corrected chi connectivity index (χ0v) is 18.4. The average Bonchev–Trinajstić information content (AvgIpc) is 3.09. The Kier molecular flexibility index (Phi) is 6.84. The van der Waals surface area contributed by atoms with Crippen molar-refractivity contribution in [3.8, 4) is 11.3 Å². The highest BCUT2D eigenvalue weighted by Gasteiger charge is 2.35. The van der Waals surface area contributed by atoms with E-state index in [1.165, 1.54) is 23.8 Å². The molecule has 2 nitrogen and oxygen atoms in total. The predicted octanol–water partition coefficient (Wildman–Crippen LogP) is 7.06. The second-order valence-corrected chi connectivity index (χ2v) is 8.13. The Labute approximate surface area is 190 Å². The van der Waals surface area contributed by atoms with Crippen molar-refractivity contribution in [2.45, 2.75) is 32.5 Å². The highest BCUT2D eigenvalue weighted by molar-refractivity contribution is 5.89. The van der Waals surface area contributed by atoms with Crippen LogP contribution in [0.1, 0.15) is 30.0 Å². The number of para-hydroxylation sites is 1. The summed E-state index contributed by atoms with van der Waals surface area (Å²) in [5, 5.41) is 3.67. The van der Waals surface area contributed by atoms with Crippen molar-refractivity contribution < 1.29 is 17.6 Å². The quantitative estimate of drug-likeness (QED) is 0.223. The highest BCUT2D eigenvalue weighted by Crippen LogP contribution is 2.40. The maximum absolute atomic E-state index is 15.5. The second-order valence-electron chi connectivity index (χ2n) is 8.13. The lowest BCUT2D eigenvalue weighted by Gasteiger charge is -2.16. The number of fused-ring (bicyclic) bond motifs is 1. The Morgan fingerprint density at radius 1 is 0.818 bits per heavy atom. The lowest BCUT2D eigenvalue weighted by Crippen LogP contribution is -2.17. The van der Waals surface area contributed by atoms with Gasteiger partial charge in [-0.2, -0.15) is 13.2 Å². The second kappa shape index (κ2) is 9.79. The Morgan fingerprint density at radius 3 is 2.21 bits per heavy atom. The standard InChI is InChI=1S/C27H26F4N2/c1-2-16-32-17-15-19-11-13-20(14-12-19)18-33-24-10-6-4-8-22(24)25(28)26(33)21-7-3-5-9-23(21)27(29,30)31/h3-14,32H,2,15-18H2,1H3. The molecule has 0 amide bonds. The molecule has 4 rings (SSSR count). The molecule has 0 saturated heterocycles. The van der Waals surface area contributed by atoms with Crippen LogP contribution in [-0.2, 0) is 19.1 Å². The van der Waals surface area contributed by atoms with Crippen LogP contribution in [0.5, 0.6) is 0 Å². The monoisotopic (exact) mass is 454 g/mol. The van der Waals surface area contributed by atoms with Crippen molar-refractivity contribution in [1.29, 1.82) is 0 Å². The average molecular weight is 455 g/mol. The number of rotatable bonds is 8. The number of nitrogens with one attached hydrogen (secondary N) is 1. The van der Waals surface area contributed by atoms with Gasteiger partial charge in [0.15, 0.2) is 5.82 Å². The molecule has 0 fully saturated rings. The minimum atomic E-state index is -4.59. The van der Waals surface area contributed by atoms with Crippen molar-refractivity contribution >= 4 is 10.9 Å². The molecule has 0 aliphatic rings. The smallest absolute Gasteiger partial charge is 0.333 e. The van der Waals surface area contributed by atoms with Gasteiger partial charge in [0.2, 0.25) is 0 Å². The summed E-state index contributed by atoms with van der Waals surface area (Å²) in [6, 6.07) is 19.9. The fourth-order valence-electron chi connectivity index (χ4n) is 4.15. The van der Waals surface area contributed by atoms with Crippen molar-refractivity contribution in [3.05, 3.63) is 95.3 Å². The molecule has 0 aliphatic heterocycles. The van der Waals surface area contributed by atoms with Crippen molar-refractivity contribution in [2.75, 3.05) is 13.1 Å². The van der Waals surface area contributed by atoms with Crippen LogP contribution < -0.4 is 5.32 Å². The first-order valence-corrected chi connectivity index (χ1v) is 11.1. The Hall–Kier alpha value is -3.12. The molecule has 172 valence electrons. The predicted molar refractivity (Wildman–Crippen MR) is 125 cm³/mol. The normalized spacial score (nSPS) is 11.9. The van der Waals surface area contributed by atoms with Crippen LogP contribution in [0.3, 0.4) is 0 Å². The van der Waals surface area contributed by atoms with Crippen molar-refractivity contribution in [2.24, 2.45) is 0 Å². The largest absolute Gasteiger partial charge is 0.417 e. The van der Waals surface area contributed by atoms with Gasteiger partial charge < -0.3 is 9.88 Å². The van der Waals surface area contributed by atoms with Gasteiger partial charge in [-0.1, -0.05) is 61.5 Å². The zero-order chi connectivity index (χ0) is 23.4. The summed E-state index contributed by atoms with van der Waals surface area (Å²) in [5.74, 6) is -0.638. The van der Waals surface area contributed by atoms with E-state index in [-0.39, 0.29) is 17.8 Å². The maximum Gasteiger partial charge on any atom is 0.417 e. The van der Waals surface area contributed by atoms with E-state index < -0.39 is 17.6 Å². The summed E-state index contributed by atoms with van der Waals surface area (Å²) in [6.07, 6.45) is -2.61. The Morgan fingerprint density at radius 2 is 1.48 bits per heavy atom. The van der Waals surface area contributed by atoms with Crippen LogP contribution >= 0.6 is 0 Å². The molecule has 0 spiro atoms. The van der Waals surface area contributed by atoms with Gasteiger partial charge in [0, 0.05) is 17.5 Å². The van der Waals surface area contributed by atoms with Crippen LogP contribution in [0.4, 0.5) is 17.6 Å². The number of hydrogen-bond acceptors (Lipinski definition) is 1. The van der Waals surface area contributed by atoms with Gasteiger partial charge in [-0.05, 0) is 55.3 Å². The molecule has 1 heterocycles. The molecule has 0 saturated carbocycles. The molecule has 0 radical (unpaired) electrons. The van der Waals surface area contributed by atoms with Crippen LogP contribution in [0, 0.1) is 5.82 Å². The lowest BCUT2D eigenvalue weighted by molar-refractivity contribution is -0.137. The third kappa shape index (κ3) is 4.96. The van der Waals surface area contributed by atoms with Gasteiger partial charge >= 0.3 is 6.18 Å². The van der Waals surface area contributed by atoms with Gasteiger partial charge in [-0.3, -0.25) is 0 Å². The maximum atomic E-state index is 15.5. The molecule has 1 N–H and O–H groups in total. The first-order valence-electron chi connectivity index (χ1n) is 11.1. The van der Waals surface area contributed by atoms with Crippen LogP contribution in [0.25, 0.3) is 22.2 Å². The molecular weight excluding hydrogens is 428 g/mol. The number of aromatic nitrogens is 1. The van der Waals surface area contributed by atoms with E-state index in [0.29, 0.717) is 10.9 Å². The van der Waals surface area contributed by atoms with Crippen molar-refractivity contribution in [1.82, 2.24) is 9.88 Å². The number of nitrogens with zero attached hydrogens (tertiary/aromatic N) is 1. The van der Waals surface area contributed by atoms with Crippen LogP contribution in [0.15, 0.2) is 72.8 Å². The molecule has 0 bridgehead atoms. The van der Waals surface area contributed by atoms with Crippen LogP contribution in [0.2, 0.25) is 0 Å². The molecular formula is C27H26F4N2. The molecule has 4 aromatic rings. The van der Waals surface area contributed by atoms with Gasteiger partial charge in [0.05, 0.1) is 16.8 Å². The molecule has 3 aromatic carbocycles. The summed E-state index contributed by atoms with van der Waals surface area (Å²) in [6.45, 7) is 4.25. The van der Waals surface area contributed by atoms with E-state index in [1.54, 1.807) is 28.8 Å². The number of halogens is 4. The fourth-order valence-corrected chi connectivity index (χ4v) is 4.15. The Bertz CT molecular complexity index is 1220.